The van der Waals surface area contributed by atoms with Crippen LogP contribution in [0.3, 0.4) is 0 Å². The summed E-state index contributed by atoms with van der Waals surface area (Å²) < 4.78 is 1.16. The van der Waals surface area contributed by atoms with Crippen molar-refractivity contribution >= 4 is 27.3 Å². The van der Waals surface area contributed by atoms with Gasteiger partial charge in [0.1, 0.15) is 10.8 Å². The van der Waals surface area contributed by atoms with Crippen LogP contribution in [0.4, 0.5) is 0 Å². The van der Waals surface area contributed by atoms with Gasteiger partial charge in [-0.15, -0.1) is 11.3 Å². The lowest BCUT2D eigenvalue weighted by Gasteiger charge is -2.35. The molecule has 0 saturated heterocycles. The van der Waals surface area contributed by atoms with E-state index >= 15 is 0 Å². The maximum atomic E-state index is 12.4. The topological polar surface area (TPSA) is 56.0 Å². The Labute approximate surface area is 129 Å². The van der Waals surface area contributed by atoms with Crippen molar-refractivity contribution in [1.82, 2.24) is 4.98 Å². The minimum absolute atomic E-state index is 0.0615. The molecule has 1 aliphatic carbocycles. The molecule has 21 heavy (non-hydrogen) atoms. The van der Waals surface area contributed by atoms with E-state index in [0.717, 1.165) is 28.1 Å². The summed E-state index contributed by atoms with van der Waals surface area (Å²) >= 11 is 1.63. The summed E-state index contributed by atoms with van der Waals surface area (Å²) in [6, 6.07) is 8.06. The van der Waals surface area contributed by atoms with Crippen molar-refractivity contribution in [2.45, 2.75) is 44.9 Å². The number of ketones is 1. The highest BCUT2D eigenvalue weighted by molar-refractivity contribution is 7.18. The lowest BCUT2D eigenvalue weighted by molar-refractivity contribution is -0.121. The fourth-order valence-corrected chi connectivity index (χ4v) is 4.40. The van der Waals surface area contributed by atoms with Crippen molar-refractivity contribution in [3.63, 3.8) is 0 Å². The molecule has 3 nitrogen and oxygen atoms in total. The molecule has 1 saturated carbocycles. The van der Waals surface area contributed by atoms with Gasteiger partial charge in [0.15, 0.2) is 0 Å². The van der Waals surface area contributed by atoms with Gasteiger partial charge in [-0.25, -0.2) is 4.98 Å². The molecular formula is C17H22N2OS. The van der Waals surface area contributed by atoms with Crippen molar-refractivity contribution < 1.29 is 4.79 Å². The number of carbonyl (C=O) groups excluding carboxylic acids is 1. The van der Waals surface area contributed by atoms with Crippen LogP contribution in [-0.4, -0.2) is 17.3 Å². The monoisotopic (exact) mass is 302 g/mol. The Hall–Kier alpha value is -1.26. The zero-order valence-corrected chi connectivity index (χ0v) is 13.1. The molecule has 0 aliphatic heterocycles. The summed E-state index contributed by atoms with van der Waals surface area (Å²) in [4.78, 5) is 17.0. The number of hydrogen-bond acceptors (Lipinski definition) is 4. The first-order chi connectivity index (χ1) is 10.2. The quantitative estimate of drug-likeness (QED) is 0.916. The third-order valence-corrected chi connectivity index (χ3v) is 5.64. The lowest BCUT2D eigenvalue weighted by Crippen LogP contribution is -2.35. The Morgan fingerprint density at radius 1 is 1.24 bits per heavy atom. The second kappa shape index (κ2) is 6.24. The van der Waals surface area contributed by atoms with E-state index in [1.54, 1.807) is 11.3 Å². The number of aromatic nitrogens is 1. The van der Waals surface area contributed by atoms with Crippen LogP contribution < -0.4 is 5.73 Å². The second-order valence-electron chi connectivity index (χ2n) is 6.23. The van der Waals surface area contributed by atoms with Gasteiger partial charge in [0.25, 0.3) is 0 Å². The number of fused-ring (bicyclic) bond motifs is 1. The summed E-state index contributed by atoms with van der Waals surface area (Å²) in [6.45, 7) is 0.637. The molecule has 1 aromatic heterocycles. The van der Waals surface area contributed by atoms with E-state index in [2.05, 4.69) is 11.1 Å². The van der Waals surface area contributed by atoms with Crippen LogP contribution in [0.25, 0.3) is 10.2 Å². The summed E-state index contributed by atoms with van der Waals surface area (Å²) in [5.74, 6) is 0.293. The van der Waals surface area contributed by atoms with Crippen LogP contribution in [0.5, 0.6) is 0 Å². The van der Waals surface area contributed by atoms with Gasteiger partial charge >= 0.3 is 0 Å². The molecule has 4 heteroatoms. The molecule has 1 aromatic carbocycles. The minimum Gasteiger partial charge on any atom is -0.330 e. The summed E-state index contributed by atoms with van der Waals surface area (Å²) in [5.41, 5.74) is 7.03. The first-order valence-electron chi connectivity index (χ1n) is 7.77. The summed E-state index contributed by atoms with van der Waals surface area (Å²) in [7, 11) is 0. The molecule has 2 aromatic rings. The van der Waals surface area contributed by atoms with Crippen LogP contribution in [0.1, 0.15) is 43.5 Å². The first kappa shape index (κ1) is 14.7. The Morgan fingerprint density at radius 3 is 2.71 bits per heavy atom. The van der Waals surface area contributed by atoms with Crippen LogP contribution >= 0.6 is 11.3 Å². The number of nitrogens with zero attached hydrogens (tertiary/aromatic N) is 1. The van der Waals surface area contributed by atoms with Gasteiger partial charge < -0.3 is 5.73 Å². The van der Waals surface area contributed by atoms with Crippen molar-refractivity contribution in [3.05, 3.63) is 29.3 Å². The second-order valence-corrected chi connectivity index (χ2v) is 7.35. The minimum atomic E-state index is 0.0615. The standard InChI is InChI=1S/C17H22N2OS/c18-12-17(8-4-1-5-9-17)11-13(20)10-16-19-14-6-2-3-7-15(14)21-16/h2-3,6-7H,1,4-5,8-12,18H2. The number of Topliss-reactive ketones (excluding diaryl/α,β-unsaturated/α-hetero) is 1. The van der Waals surface area contributed by atoms with E-state index in [0.29, 0.717) is 25.2 Å². The number of rotatable bonds is 5. The predicted octanol–water partition coefficient (Wildman–Crippen LogP) is 3.71. The largest absolute Gasteiger partial charge is 0.330 e. The Balaban J connectivity index is 1.68. The molecule has 1 fully saturated rings. The number of hydrogen-bond donors (Lipinski definition) is 1. The molecule has 0 radical (unpaired) electrons. The van der Waals surface area contributed by atoms with E-state index < -0.39 is 0 Å². The number of carbonyl (C=O) groups is 1. The molecule has 3 rings (SSSR count). The normalized spacial score (nSPS) is 18.0. The number of thiazole rings is 1. The molecule has 0 bridgehead atoms. The zero-order valence-electron chi connectivity index (χ0n) is 12.3. The van der Waals surface area contributed by atoms with Crippen molar-refractivity contribution in [2.75, 3.05) is 6.54 Å². The maximum absolute atomic E-state index is 12.4. The summed E-state index contributed by atoms with van der Waals surface area (Å²) in [5, 5.41) is 0.934. The molecular weight excluding hydrogens is 280 g/mol. The number of benzene rings is 1. The van der Waals surface area contributed by atoms with E-state index in [1.165, 1.54) is 19.3 Å². The van der Waals surface area contributed by atoms with Crippen molar-refractivity contribution in [2.24, 2.45) is 11.1 Å². The van der Waals surface area contributed by atoms with Gasteiger partial charge in [0.05, 0.1) is 16.6 Å². The lowest BCUT2D eigenvalue weighted by atomic mass is 9.71. The number of nitrogens with two attached hydrogens (primary N) is 1. The zero-order chi connectivity index (χ0) is 14.7. The molecule has 1 heterocycles. The van der Waals surface area contributed by atoms with Gasteiger partial charge in [-0.1, -0.05) is 31.4 Å². The highest BCUT2D eigenvalue weighted by Gasteiger charge is 2.32. The van der Waals surface area contributed by atoms with E-state index in [-0.39, 0.29) is 5.41 Å². The maximum Gasteiger partial charge on any atom is 0.140 e. The number of para-hydroxylation sites is 1. The fraction of sp³-hybridized carbons (Fsp3) is 0.529. The van der Waals surface area contributed by atoms with Crippen molar-refractivity contribution in [3.8, 4) is 0 Å². The van der Waals surface area contributed by atoms with Crippen molar-refractivity contribution in [1.29, 1.82) is 0 Å². The Kier molecular flexibility index (Phi) is 4.36. The third kappa shape index (κ3) is 3.33. The van der Waals surface area contributed by atoms with Crippen LogP contribution in [0.15, 0.2) is 24.3 Å². The van der Waals surface area contributed by atoms with Crippen LogP contribution in [-0.2, 0) is 11.2 Å². The smallest absolute Gasteiger partial charge is 0.140 e. The first-order valence-corrected chi connectivity index (χ1v) is 8.59. The van der Waals surface area contributed by atoms with Crippen LogP contribution in [0, 0.1) is 5.41 Å². The average Bonchev–Trinajstić information content (AvgIpc) is 2.90. The molecule has 2 N–H and O–H groups in total. The van der Waals surface area contributed by atoms with Gasteiger partial charge in [-0.05, 0) is 36.9 Å². The van der Waals surface area contributed by atoms with E-state index in [1.807, 2.05) is 18.2 Å². The highest BCUT2D eigenvalue weighted by atomic mass is 32.1. The van der Waals surface area contributed by atoms with Crippen LogP contribution in [0.2, 0.25) is 0 Å². The van der Waals surface area contributed by atoms with E-state index in [4.69, 9.17) is 5.73 Å². The van der Waals surface area contributed by atoms with E-state index in [9.17, 15) is 4.79 Å². The SMILES string of the molecule is NCC1(CC(=O)Cc2nc3ccccc3s2)CCCCC1. The van der Waals surface area contributed by atoms with Gasteiger partial charge in [-0.3, -0.25) is 4.79 Å². The molecule has 0 atom stereocenters. The van der Waals surface area contributed by atoms with Gasteiger partial charge in [0, 0.05) is 6.42 Å². The Morgan fingerprint density at radius 2 is 2.00 bits per heavy atom. The Bertz CT molecular complexity index is 596. The predicted molar refractivity (Wildman–Crippen MR) is 87.5 cm³/mol. The molecule has 112 valence electrons. The molecule has 0 amide bonds. The fourth-order valence-electron chi connectivity index (χ4n) is 3.40. The molecule has 0 spiro atoms. The third-order valence-electron chi connectivity index (χ3n) is 4.61. The van der Waals surface area contributed by atoms with Gasteiger partial charge in [-0.2, -0.15) is 0 Å². The molecule has 0 unspecified atom stereocenters. The average molecular weight is 302 g/mol. The highest BCUT2D eigenvalue weighted by Crippen LogP contribution is 2.39. The molecule has 1 aliphatic rings. The summed E-state index contributed by atoms with van der Waals surface area (Å²) in [6.07, 6.45) is 7.01. The van der Waals surface area contributed by atoms with Gasteiger partial charge in [0.2, 0.25) is 0 Å².